The van der Waals surface area contributed by atoms with Crippen LogP contribution in [0.25, 0.3) is 0 Å². The first kappa shape index (κ1) is 8.20. The molecule has 2 bridgehead atoms. The second kappa shape index (κ2) is 2.82. The van der Waals surface area contributed by atoms with Crippen LogP contribution < -0.4 is 0 Å². The van der Waals surface area contributed by atoms with Gasteiger partial charge in [-0.2, -0.15) is 0 Å². The van der Waals surface area contributed by atoms with Crippen LogP contribution in [0.2, 0.25) is 0 Å². The Labute approximate surface area is 70.8 Å². The van der Waals surface area contributed by atoms with Crippen molar-refractivity contribution in [1.29, 1.82) is 0 Å². The van der Waals surface area contributed by atoms with Crippen LogP contribution >= 0.6 is 0 Å². The summed E-state index contributed by atoms with van der Waals surface area (Å²) >= 11 is 0. The summed E-state index contributed by atoms with van der Waals surface area (Å²) in [5, 5.41) is 9.27. The number of piperidine rings is 1. The summed E-state index contributed by atoms with van der Waals surface area (Å²) in [6.45, 7) is 0.616. The van der Waals surface area contributed by atoms with Gasteiger partial charge < -0.3 is 14.7 Å². The lowest BCUT2D eigenvalue weighted by atomic mass is 9.90. The Bertz CT molecular complexity index is 202. The van der Waals surface area contributed by atoms with Gasteiger partial charge in [-0.3, -0.25) is 0 Å². The number of rotatable bonds is 2. The molecule has 0 aromatic heterocycles. The molecule has 1 saturated heterocycles. The van der Waals surface area contributed by atoms with E-state index in [1.54, 1.807) is 4.81 Å². The van der Waals surface area contributed by atoms with E-state index in [0.717, 1.165) is 0 Å². The van der Waals surface area contributed by atoms with Crippen LogP contribution in [0.1, 0.15) is 6.42 Å². The SMILES string of the molecule is O=C[B]N1CC2CC1[C@@H](F)[C@@H]2O. The smallest absolute Gasteiger partial charge is 0.293 e. The van der Waals surface area contributed by atoms with Gasteiger partial charge in [0.25, 0.3) is 7.41 Å². The molecule has 0 aromatic rings. The van der Waals surface area contributed by atoms with Crippen molar-refractivity contribution >= 4 is 13.6 Å². The number of aliphatic hydroxyl groups excluding tert-OH is 1. The van der Waals surface area contributed by atoms with Gasteiger partial charge in [0, 0.05) is 12.0 Å². The first-order valence-electron chi connectivity index (χ1n) is 4.10. The Morgan fingerprint density at radius 1 is 1.67 bits per heavy atom. The van der Waals surface area contributed by atoms with Crippen molar-refractivity contribution in [2.24, 2.45) is 5.92 Å². The van der Waals surface area contributed by atoms with Crippen LogP contribution in [0.15, 0.2) is 0 Å². The van der Waals surface area contributed by atoms with Crippen molar-refractivity contribution in [3.05, 3.63) is 0 Å². The summed E-state index contributed by atoms with van der Waals surface area (Å²) < 4.78 is 13.2. The summed E-state index contributed by atoms with van der Waals surface area (Å²) in [6, 6.07) is -0.268. The average molecular weight is 170 g/mol. The van der Waals surface area contributed by atoms with Crippen molar-refractivity contribution in [2.75, 3.05) is 6.54 Å². The zero-order valence-electron chi connectivity index (χ0n) is 6.56. The summed E-state index contributed by atoms with van der Waals surface area (Å²) in [4.78, 5) is 11.8. The standard InChI is InChI=1S/C7H10BFNO2/c9-6-5-1-4(7(6)12)2-10(5)8-3-11/h3-7,12H,1-2H2/t4?,5?,6-,7-/m1/s1. The number of carbonyl (C=O) groups excluding carboxylic acids is 1. The van der Waals surface area contributed by atoms with E-state index in [1.165, 1.54) is 7.41 Å². The first-order valence-corrected chi connectivity index (χ1v) is 4.10. The second-order valence-corrected chi connectivity index (χ2v) is 3.48. The van der Waals surface area contributed by atoms with Gasteiger partial charge in [-0.15, -0.1) is 0 Å². The molecule has 4 atom stereocenters. The Balaban J connectivity index is 2.05. The van der Waals surface area contributed by atoms with Gasteiger partial charge in [0.2, 0.25) is 0 Å². The van der Waals surface area contributed by atoms with E-state index in [2.05, 4.69) is 0 Å². The monoisotopic (exact) mass is 170 g/mol. The predicted molar refractivity (Wildman–Crippen MR) is 42.0 cm³/mol. The fourth-order valence-corrected chi connectivity index (χ4v) is 2.22. The lowest BCUT2D eigenvalue weighted by molar-refractivity contribution is 0.0237. The van der Waals surface area contributed by atoms with Gasteiger partial charge in [-0.1, -0.05) is 0 Å². The molecule has 2 rings (SSSR count). The van der Waals surface area contributed by atoms with Gasteiger partial charge in [0.15, 0.2) is 0 Å². The quantitative estimate of drug-likeness (QED) is 0.435. The Morgan fingerprint density at radius 2 is 2.42 bits per heavy atom. The third-order valence-electron chi connectivity index (χ3n) is 2.84. The van der Waals surface area contributed by atoms with E-state index >= 15 is 0 Å². The van der Waals surface area contributed by atoms with Crippen LogP contribution in [-0.4, -0.2) is 48.4 Å². The molecule has 1 aliphatic carbocycles. The lowest BCUT2D eigenvalue weighted by Crippen LogP contribution is -2.48. The first-order chi connectivity index (χ1) is 5.74. The number of carbonyl (C=O) groups is 1. The molecule has 0 aromatic carbocycles. The summed E-state index contributed by atoms with van der Waals surface area (Å²) in [5.41, 5.74) is 0. The molecular weight excluding hydrogens is 160 g/mol. The molecule has 3 nitrogen and oxygen atoms in total. The Hall–Kier alpha value is -0.415. The van der Waals surface area contributed by atoms with E-state index in [0.29, 0.717) is 19.2 Å². The molecule has 12 heavy (non-hydrogen) atoms. The zero-order valence-corrected chi connectivity index (χ0v) is 6.56. The molecule has 0 amide bonds. The normalized spacial score (nSPS) is 46.5. The minimum absolute atomic E-state index is 0.0150. The van der Waals surface area contributed by atoms with Gasteiger partial charge >= 0.3 is 0 Å². The van der Waals surface area contributed by atoms with Crippen molar-refractivity contribution < 1.29 is 14.3 Å². The highest BCUT2D eigenvalue weighted by molar-refractivity contribution is 6.64. The van der Waals surface area contributed by atoms with E-state index in [9.17, 15) is 14.3 Å². The highest BCUT2D eigenvalue weighted by atomic mass is 19.1. The fraction of sp³-hybridized carbons (Fsp3) is 0.857. The van der Waals surface area contributed by atoms with Gasteiger partial charge in [0.1, 0.15) is 6.17 Å². The molecule has 2 fully saturated rings. The summed E-state index contributed by atoms with van der Waals surface area (Å²) in [7, 11) is 1.36. The van der Waals surface area contributed by atoms with Crippen LogP contribution in [0.5, 0.6) is 0 Å². The van der Waals surface area contributed by atoms with E-state index in [4.69, 9.17) is 0 Å². The van der Waals surface area contributed by atoms with Gasteiger partial charge in [-0.05, 0) is 13.0 Å². The van der Waals surface area contributed by atoms with Crippen LogP contribution in [0.3, 0.4) is 0 Å². The Kier molecular flexibility index (Phi) is 1.92. The van der Waals surface area contributed by atoms with Crippen molar-refractivity contribution in [3.8, 4) is 0 Å². The maximum absolute atomic E-state index is 13.2. The minimum Gasteiger partial charge on any atom is -0.390 e. The fourth-order valence-electron chi connectivity index (χ4n) is 2.22. The summed E-state index contributed by atoms with van der Waals surface area (Å²) in [6.07, 6.45) is -0.654. The Morgan fingerprint density at radius 3 is 2.92 bits per heavy atom. The molecule has 2 unspecified atom stereocenters. The van der Waals surface area contributed by atoms with Crippen LogP contribution in [-0.2, 0) is 4.79 Å². The largest absolute Gasteiger partial charge is 0.390 e. The predicted octanol–water partition coefficient (Wildman–Crippen LogP) is -0.801. The summed E-state index contributed by atoms with van der Waals surface area (Å²) in [5.74, 6) is 0.0150. The molecule has 1 aliphatic heterocycles. The molecule has 1 radical (unpaired) electrons. The number of alkyl halides is 1. The molecule has 1 saturated carbocycles. The molecular formula is C7H10BFNO2. The highest BCUT2D eigenvalue weighted by Gasteiger charge is 2.51. The number of hydrogen-bond donors (Lipinski definition) is 1. The third kappa shape index (κ3) is 1.000. The lowest BCUT2D eigenvalue weighted by Gasteiger charge is -2.30. The number of hydrogen-bond acceptors (Lipinski definition) is 3. The molecule has 65 valence electrons. The van der Waals surface area contributed by atoms with E-state index in [-0.39, 0.29) is 12.0 Å². The maximum atomic E-state index is 13.2. The molecule has 1 N–H and O–H groups in total. The average Bonchev–Trinajstić information content (AvgIpc) is 2.55. The number of nitrogens with zero attached hydrogens (tertiary/aromatic N) is 1. The number of halogens is 1. The molecule has 5 heteroatoms. The molecule has 2 aliphatic rings. The molecule has 0 spiro atoms. The molecule has 1 heterocycles. The minimum atomic E-state index is -1.18. The van der Waals surface area contributed by atoms with Crippen LogP contribution in [0, 0.1) is 5.92 Å². The van der Waals surface area contributed by atoms with Gasteiger partial charge in [0.05, 0.1) is 12.3 Å². The third-order valence-corrected chi connectivity index (χ3v) is 2.84. The van der Waals surface area contributed by atoms with Crippen LogP contribution in [0.4, 0.5) is 4.39 Å². The van der Waals surface area contributed by atoms with Crippen molar-refractivity contribution in [1.82, 2.24) is 4.81 Å². The zero-order chi connectivity index (χ0) is 8.72. The number of aliphatic hydroxyl groups is 1. The van der Waals surface area contributed by atoms with Gasteiger partial charge in [-0.25, -0.2) is 4.39 Å². The van der Waals surface area contributed by atoms with Crippen molar-refractivity contribution in [2.45, 2.75) is 24.7 Å². The maximum Gasteiger partial charge on any atom is 0.293 e. The van der Waals surface area contributed by atoms with Crippen molar-refractivity contribution in [3.63, 3.8) is 0 Å². The number of fused-ring (bicyclic) bond motifs is 2. The van der Waals surface area contributed by atoms with E-state index in [1.807, 2.05) is 0 Å². The second-order valence-electron chi connectivity index (χ2n) is 3.48. The van der Waals surface area contributed by atoms with E-state index < -0.39 is 12.3 Å². The topological polar surface area (TPSA) is 40.5 Å². The highest BCUT2D eigenvalue weighted by Crippen LogP contribution is 2.38.